The highest BCUT2D eigenvalue weighted by molar-refractivity contribution is 9.10. The van der Waals surface area contributed by atoms with E-state index in [1.807, 2.05) is 44.2 Å². The van der Waals surface area contributed by atoms with Crippen molar-refractivity contribution in [3.63, 3.8) is 0 Å². The smallest absolute Gasteiger partial charge is 0.148 e. The Morgan fingerprint density at radius 1 is 1.25 bits per heavy atom. The van der Waals surface area contributed by atoms with Gasteiger partial charge in [-0.2, -0.15) is 0 Å². The first-order chi connectivity index (χ1) is 9.51. The summed E-state index contributed by atoms with van der Waals surface area (Å²) in [7, 11) is 0. The zero-order valence-corrected chi connectivity index (χ0v) is 13.4. The Bertz CT molecular complexity index is 611. The lowest BCUT2D eigenvalue weighted by molar-refractivity contribution is 0.195. The van der Waals surface area contributed by atoms with Crippen molar-refractivity contribution in [3.05, 3.63) is 51.8 Å². The molecule has 0 bridgehead atoms. The number of hydrogen-bond acceptors (Lipinski definition) is 3. The molecule has 0 aliphatic carbocycles. The second-order valence-corrected chi connectivity index (χ2v) is 5.63. The molecule has 0 saturated heterocycles. The molecule has 1 unspecified atom stereocenters. The fourth-order valence-corrected chi connectivity index (χ4v) is 2.38. The van der Waals surface area contributed by atoms with Gasteiger partial charge in [0.2, 0.25) is 0 Å². The maximum absolute atomic E-state index is 9.86. The molecule has 106 valence electrons. The predicted octanol–water partition coefficient (Wildman–Crippen LogP) is 4.56. The number of aliphatic hydroxyl groups is 1. The van der Waals surface area contributed by atoms with Gasteiger partial charge in [-0.3, -0.25) is 4.98 Å². The van der Waals surface area contributed by atoms with Crippen LogP contribution in [-0.4, -0.2) is 10.1 Å². The zero-order valence-electron chi connectivity index (χ0n) is 11.9. The van der Waals surface area contributed by atoms with Crippen LogP contribution >= 0.6 is 15.9 Å². The molecule has 3 nitrogen and oxygen atoms in total. The number of rotatable bonds is 4. The third-order valence-electron chi connectivity index (χ3n) is 3.05. The van der Waals surface area contributed by atoms with Gasteiger partial charge in [-0.25, -0.2) is 0 Å². The molecule has 0 aliphatic heterocycles. The van der Waals surface area contributed by atoms with Crippen molar-refractivity contribution < 1.29 is 9.84 Å². The highest BCUT2D eigenvalue weighted by Gasteiger charge is 2.13. The summed E-state index contributed by atoms with van der Waals surface area (Å²) < 4.78 is 6.87. The highest BCUT2D eigenvalue weighted by Crippen LogP contribution is 2.33. The summed E-state index contributed by atoms with van der Waals surface area (Å²) in [5.74, 6) is 1.39. The van der Waals surface area contributed by atoms with Crippen LogP contribution in [0.5, 0.6) is 11.5 Å². The summed E-state index contributed by atoms with van der Waals surface area (Å²) in [6.45, 7) is 5.73. The largest absolute Gasteiger partial charge is 0.455 e. The van der Waals surface area contributed by atoms with Crippen molar-refractivity contribution in [3.8, 4) is 11.5 Å². The van der Waals surface area contributed by atoms with E-state index >= 15 is 0 Å². The van der Waals surface area contributed by atoms with Gasteiger partial charge < -0.3 is 9.84 Å². The Balaban J connectivity index is 2.39. The number of aryl methyl sites for hydroxylation is 2. The van der Waals surface area contributed by atoms with Crippen molar-refractivity contribution in [2.24, 2.45) is 0 Å². The lowest BCUT2D eigenvalue weighted by Gasteiger charge is -2.15. The van der Waals surface area contributed by atoms with E-state index in [0.29, 0.717) is 5.75 Å². The summed E-state index contributed by atoms with van der Waals surface area (Å²) in [4.78, 5) is 4.48. The molecular weight excluding hydrogens is 318 g/mol. The van der Waals surface area contributed by atoms with Crippen molar-refractivity contribution in [2.75, 3.05) is 0 Å². The van der Waals surface area contributed by atoms with Gasteiger partial charge in [-0.15, -0.1) is 0 Å². The van der Waals surface area contributed by atoms with Crippen LogP contribution in [0.15, 0.2) is 34.8 Å². The molecule has 1 aromatic carbocycles. The minimum Gasteiger partial charge on any atom is -0.455 e. The first-order valence-electron chi connectivity index (χ1n) is 6.63. The molecule has 0 spiro atoms. The second kappa shape index (κ2) is 6.37. The Morgan fingerprint density at radius 2 is 1.95 bits per heavy atom. The normalized spacial score (nSPS) is 12.2. The molecule has 20 heavy (non-hydrogen) atoms. The molecular formula is C16H18BrNO2. The molecule has 0 amide bonds. The summed E-state index contributed by atoms with van der Waals surface area (Å²) in [6.07, 6.45) is 0.211. The molecule has 1 heterocycles. The topological polar surface area (TPSA) is 42.4 Å². The number of aliphatic hydroxyl groups excluding tert-OH is 1. The van der Waals surface area contributed by atoms with Gasteiger partial charge in [0.25, 0.3) is 0 Å². The van der Waals surface area contributed by atoms with Crippen molar-refractivity contribution in [1.29, 1.82) is 0 Å². The standard InChI is InChI=1S/C16H18BrNO2/c1-4-14-16(7-5-10(2)18-14)20-15-8-6-12(17)9-13(15)11(3)19/h5-9,11,19H,4H2,1-3H3. The van der Waals surface area contributed by atoms with Crippen molar-refractivity contribution >= 4 is 15.9 Å². The number of hydrogen-bond donors (Lipinski definition) is 1. The second-order valence-electron chi connectivity index (χ2n) is 4.71. The summed E-state index contributed by atoms with van der Waals surface area (Å²) in [5.41, 5.74) is 2.65. The minimum absolute atomic E-state index is 0.592. The third kappa shape index (κ3) is 3.38. The molecule has 1 N–H and O–H groups in total. The fourth-order valence-electron chi connectivity index (χ4n) is 2.00. The fraction of sp³-hybridized carbons (Fsp3) is 0.312. The van der Waals surface area contributed by atoms with Crippen LogP contribution in [0.3, 0.4) is 0 Å². The van der Waals surface area contributed by atoms with Gasteiger partial charge in [0.1, 0.15) is 11.5 Å². The van der Waals surface area contributed by atoms with E-state index in [9.17, 15) is 5.11 Å². The minimum atomic E-state index is -0.592. The number of pyridine rings is 1. The van der Waals surface area contributed by atoms with Crippen LogP contribution < -0.4 is 4.74 Å². The van der Waals surface area contributed by atoms with E-state index < -0.39 is 6.10 Å². The Labute approximate surface area is 127 Å². The lowest BCUT2D eigenvalue weighted by atomic mass is 10.1. The van der Waals surface area contributed by atoms with Crippen LogP contribution in [0.25, 0.3) is 0 Å². The van der Waals surface area contributed by atoms with Crippen LogP contribution in [0.4, 0.5) is 0 Å². The van der Waals surface area contributed by atoms with Gasteiger partial charge in [-0.1, -0.05) is 22.9 Å². The predicted molar refractivity (Wildman–Crippen MR) is 83.2 cm³/mol. The maximum Gasteiger partial charge on any atom is 0.148 e. The summed E-state index contributed by atoms with van der Waals surface area (Å²) >= 11 is 3.41. The average molecular weight is 336 g/mol. The molecule has 0 radical (unpaired) electrons. The molecule has 4 heteroatoms. The van der Waals surface area contributed by atoms with Gasteiger partial charge in [-0.05, 0) is 50.6 Å². The maximum atomic E-state index is 9.86. The number of ether oxygens (including phenoxy) is 1. The lowest BCUT2D eigenvalue weighted by Crippen LogP contribution is -2.00. The van der Waals surface area contributed by atoms with Gasteiger partial charge >= 0.3 is 0 Å². The SMILES string of the molecule is CCc1nc(C)ccc1Oc1ccc(Br)cc1C(C)O. The molecule has 1 aromatic heterocycles. The van der Waals surface area contributed by atoms with Crippen LogP contribution in [0, 0.1) is 6.92 Å². The Kier molecular flexibility index (Phi) is 4.78. The molecule has 2 aromatic rings. The van der Waals surface area contributed by atoms with Crippen molar-refractivity contribution in [2.45, 2.75) is 33.3 Å². The average Bonchev–Trinajstić information content (AvgIpc) is 2.42. The van der Waals surface area contributed by atoms with Gasteiger partial charge in [0, 0.05) is 15.7 Å². The summed E-state index contributed by atoms with van der Waals surface area (Å²) in [6, 6.07) is 9.47. The first kappa shape index (κ1) is 15.0. The van der Waals surface area contributed by atoms with E-state index in [1.54, 1.807) is 6.92 Å². The number of nitrogens with zero attached hydrogens (tertiary/aromatic N) is 1. The Morgan fingerprint density at radius 3 is 2.60 bits per heavy atom. The zero-order chi connectivity index (χ0) is 14.7. The number of benzene rings is 1. The van der Waals surface area contributed by atoms with E-state index in [-0.39, 0.29) is 0 Å². The number of aromatic nitrogens is 1. The van der Waals surface area contributed by atoms with Gasteiger partial charge in [0.15, 0.2) is 0 Å². The van der Waals surface area contributed by atoms with E-state index in [0.717, 1.165) is 33.6 Å². The third-order valence-corrected chi connectivity index (χ3v) is 3.54. The van der Waals surface area contributed by atoms with E-state index in [1.165, 1.54) is 0 Å². The molecule has 0 saturated carbocycles. The van der Waals surface area contributed by atoms with Crippen LogP contribution in [0.2, 0.25) is 0 Å². The highest BCUT2D eigenvalue weighted by atomic mass is 79.9. The molecule has 2 rings (SSSR count). The van der Waals surface area contributed by atoms with Gasteiger partial charge in [0.05, 0.1) is 11.8 Å². The van der Waals surface area contributed by atoms with Crippen LogP contribution in [-0.2, 0) is 6.42 Å². The van der Waals surface area contributed by atoms with E-state index in [2.05, 4.69) is 20.9 Å². The molecule has 0 aliphatic rings. The van der Waals surface area contributed by atoms with Crippen molar-refractivity contribution in [1.82, 2.24) is 4.98 Å². The van der Waals surface area contributed by atoms with E-state index in [4.69, 9.17) is 4.74 Å². The monoisotopic (exact) mass is 335 g/mol. The summed E-state index contributed by atoms with van der Waals surface area (Å²) in [5, 5.41) is 9.86. The Hall–Kier alpha value is -1.39. The first-order valence-corrected chi connectivity index (χ1v) is 7.42. The quantitative estimate of drug-likeness (QED) is 0.890. The molecule has 1 atom stereocenters. The number of halogens is 1. The van der Waals surface area contributed by atoms with Crippen LogP contribution in [0.1, 0.15) is 36.9 Å². The molecule has 0 fully saturated rings.